The van der Waals surface area contributed by atoms with E-state index in [1.54, 1.807) is 18.3 Å². The van der Waals surface area contributed by atoms with Crippen molar-refractivity contribution in [1.82, 2.24) is 4.98 Å². The fraction of sp³-hybridized carbons (Fsp3) is 0.240. The number of benzene rings is 2. The van der Waals surface area contributed by atoms with Gasteiger partial charge in [0.05, 0.1) is 18.7 Å². The van der Waals surface area contributed by atoms with Gasteiger partial charge >= 0.3 is 5.97 Å². The molecule has 0 radical (unpaired) electrons. The summed E-state index contributed by atoms with van der Waals surface area (Å²) >= 11 is 0. The van der Waals surface area contributed by atoms with Gasteiger partial charge in [0, 0.05) is 30.5 Å². The first-order valence-corrected chi connectivity index (χ1v) is 10.9. The molecule has 0 aliphatic carbocycles. The molecule has 3 aromatic rings. The van der Waals surface area contributed by atoms with Crippen molar-refractivity contribution >= 4 is 34.8 Å². The second-order valence-electron chi connectivity index (χ2n) is 7.76. The molecule has 0 bridgehead atoms. The lowest BCUT2D eigenvalue weighted by molar-refractivity contribution is -0.138. The SMILES string of the molecule is O=C(O)CC1CN(c2ccccc2)c2cc(NC(=O)CCCNc3ccccn3)ccc2O1. The fourth-order valence-electron chi connectivity index (χ4n) is 3.73. The second-order valence-corrected chi connectivity index (χ2v) is 7.76. The lowest BCUT2D eigenvalue weighted by atomic mass is 10.1. The minimum absolute atomic E-state index is 0.0792. The van der Waals surface area contributed by atoms with E-state index in [2.05, 4.69) is 15.6 Å². The highest BCUT2D eigenvalue weighted by molar-refractivity contribution is 5.92. The molecule has 1 aliphatic rings. The van der Waals surface area contributed by atoms with E-state index in [9.17, 15) is 14.7 Å². The largest absolute Gasteiger partial charge is 0.486 e. The predicted molar refractivity (Wildman–Crippen MR) is 127 cm³/mol. The summed E-state index contributed by atoms with van der Waals surface area (Å²) in [4.78, 5) is 29.9. The second kappa shape index (κ2) is 10.5. The highest BCUT2D eigenvalue weighted by Crippen LogP contribution is 2.40. The maximum Gasteiger partial charge on any atom is 0.307 e. The van der Waals surface area contributed by atoms with Crippen LogP contribution in [0.15, 0.2) is 72.9 Å². The van der Waals surface area contributed by atoms with Crippen LogP contribution < -0.4 is 20.3 Å². The van der Waals surface area contributed by atoms with Crippen molar-refractivity contribution in [3.8, 4) is 5.75 Å². The summed E-state index contributed by atoms with van der Waals surface area (Å²) in [6.45, 7) is 1.05. The van der Waals surface area contributed by atoms with Crippen molar-refractivity contribution in [3.05, 3.63) is 72.9 Å². The maximum atomic E-state index is 12.5. The minimum Gasteiger partial charge on any atom is -0.486 e. The number of nitrogens with zero attached hydrogens (tertiary/aromatic N) is 2. The zero-order chi connectivity index (χ0) is 23.0. The van der Waals surface area contributed by atoms with Crippen molar-refractivity contribution in [2.75, 3.05) is 28.6 Å². The van der Waals surface area contributed by atoms with Crippen molar-refractivity contribution in [2.24, 2.45) is 0 Å². The van der Waals surface area contributed by atoms with Gasteiger partial charge < -0.3 is 25.4 Å². The molecule has 1 amide bonds. The maximum absolute atomic E-state index is 12.5. The molecule has 8 nitrogen and oxygen atoms in total. The number of hydrogen-bond donors (Lipinski definition) is 3. The van der Waals surface area contributed by atoms with Crippen LogP contribution in [0.4, 0.5) is 22.9 Å². The third-order valence-electron chi connectivity index (χ3n) is 5.24. The Labute approximate surface area is 192 Å². The number of carbonyl (C=O) groups is 2. The summed E-state index contributed by atoms with van der Waals surface area (Å²) in [6.07, 6.45) is 2.20. The van der Waals surface area contributed by atoms with Crippen LogP contribution in [0.2, 0.25) is 0 Å². The van der Waals surface area contributed by atoms with Crippen LogP contribution in [-0.2, 0) is 9.59 Å². The molecule has 170 valence electrons. The number of aromatic nitrogens is 1. The molecule has 4 rings (SSSR count). The minimum atomic E-state index is -0.905. The predicted octanol–water partition coefficient (Wildman–Crippen LogP) is 4.29. The highest BCUT2D eigenvalue weighted by atomic mass is 16.5. The molecule has 3 N–H and O–H groups in total. The van der Waals surface area contributed by atoms with Gasteiger partial charge in [0.2, 0.25) is 5.91 Å². The number of rotatable bonds is 9. The van der Waals surface area contributed by atoms with E-state index >= 15 is 0 Å². The monoisotopic (exact) mass is 446 g/mol. The number of ether oxygens (including phenoxy) is 1. The van der Waals surface area contributed by atoms with Gasteiger partial charge in [-0.05, 0) is 48.9 Å². The molecule has 1 aliphatic heterocycles. The summed E-state index contributed by atoms with van der Waals surface area (Å²) in [5.74, 6) is 0.395. The number of nitrogens with one attached hydrogen (secondary N) is 2. The zero-order valence-electron chi connectivity index (χ0n) is 18.1. The molecule has 0 fully saturated rings. The van der Waals surface area contributed by atoms with Crippen molar-refractivity contribution in [2.45, 2.75) is 25.4 Å². The summed E-state index contributed by atoms with van der Waals surface area (Å²) in [5.41, 5.74) is 2.39. The van der Waals surface area contributed by atoms with Crippen LogP contribution in [0.1, 0.15) is 19.3 Å². The van der Waals surface area contributed by atoms with Gasteiger partial charge in [0.15, 0.2) is 0 Å². The van der Waals surface area contributed by atoms with E-state index in [0.717, 1.165) is 17.2 Å². The average Bonchev–Trinajstić information content (AvgIpc) is 2.82. The Morgan fingerprint density at radius 1 is 1.09 bits per heavy atom. The van der Waals surface area contributed by atoms with Crippen molar-refractivity contribution in [3.63, 3.8) is 0 Å². The van der Waals surface area contributed by atoms with E-state index in [-0.39, 0.29) is 12.3 Å². The van der Waals surface area contributed by atoms with Crippen molar-refractivity contribution < 1.29 is 19.4 Å². The quantitative estimate of drug-likeness (QED) is 0.421. The first-order chi connectivity index (χ1) is 16.1. The third kappa shape index (κ3) is 6.00. The standard InChI is InChI=1S/C25H26N4O4/c30-24(10-6-14-27-23-9-4-5-13-26-23)28-18-11-12-22-21(15-18)29(19-7-2-1-3-8-19)17-20(33-22)16-25(31)32/h1-5,7-9,11-13,15,20H,6,10,14,16-17H2,(H,26,27)(H,28,30)(H,31,32). The molecule has 2 heterocycles. The normalized spacial score (nSPS) is 14.7. The Bertz CT molecular complexity index is 1090. The molecule has 0 spiro atoms. The smallest absolute Gasteiger partial charge is 0.307 e. The molecule has 1 aromatic heterocycles. The van der Waals surface area contributed by atoms with Crippen LogP contribution >= 0.6 is 0 Å². The van der Waals surface area contributed by atoms with Gasteiger partial charge in [0.25, 0.3) is 0 Å². The lowest BCUT2D eigenvalue weighted by Crippen LogP contribution is -2.38. The molecule has 1 atom stereocenters. The number of anilines is 4. The van der Waals surface area contributed by atoms with Crippen molar-refractivity contribution in [1.29, 1.82) is 0 Å². The Kier molecular flexibility index (Phi) is 7.04. The van der Waals surface area contributed by atoms with Gasteiger partial charge in [-0.25, -0.2) is 4.98 Å². The van der Waals surface area contributed by atoms with Gasteiger partial charge in [-0.15, -0.1) is 0 Å². The first-order valence-electron chi connectivity index (χ1n) is 10.9. The number of fused-ring (bicyclic) bond motifs is 1. The van der Waals surface area contributed by atoms with Gasteiger partial charge in [-0.3, -0.25) is 9.59 Å². The molecular formula is C25H26N4O4. The van der Waals surface area contributed by atoms with Crippen LogP contribution in [0.3, 0.4) is 0 Å². The molecule has 0 saturated heterocycles. The zero-order valence-corrected chi connectivity index (χ0v) is 18.1. The summed E-state index contributed by atoms with van der Waals surface area (Å²) in [7, 11) is 0. The highest BCUT2D eigenvalue weighted by Gasteiger charge is 2.28. The third-order valence-corrected chi connectivity index (χ3v) is 5.24. The number of amides is 1. The Morgan fingerprint density at radius 2 is 1.91 bits per heavy atom. The Balaban J connectivity index is 1.41. The summed E-state index contributed by atoms with van der Waals surface area (Å²) in [5, 5.41) is 15.4. The van der Waals surface area contributed by atoms with E-state index in [0.29, 0.717) is 37.4 Å². The van der Waals surface area contributed by atoms with E-state index < -0.39 is 12.1 Å². The van der Waals surface area contributed by atoms with Gasteiger partial charge in [-0.2, -0.15) is 0 Å². The fourth-order valence-corrected chi connectivity index (χ4v) is 3.73. The molecule has 0 saturated carbocycles. The number of aliphatic carboxylic acids is 1. The van der Waals surface area contributed by atoms with Gasteiger partial charge in [-0.1, -0.05) is 24.3 Å². The van der Waals surface area contributed by atoms with Crippen LogP contribution in [-0.4, -0.2) is 41.2 Å². The molecule has 8 heteroatoms. The molecular weight excluding hydrogens is 420 g/mol. The lowest BCUT2D eigenvalue weighted by Gasteiger charge is -2.36. The number of carbonyl (C=O) groups excluding carboxylic acids is 1. The average molecular weight is 447 g/mol. The van der Waals surface area contributed by atoms with E-state index in [1.807, 2.05) is 59.5 Å². The summed E-state index contributed by atoms with van der Waals surface area (Å²) in [6, 6.07) is 20.8. The molecule has 33 heavy (non-hydrogen) atoms. The number of hydrogen-bond acceptors (Lipinski definition) is 6. The molecule has 1 unspecified atom stereocenters. The summed E-state index contributed by atoms with van der Waals surface area (Å²) < 4.78 is 5.93. The molecule has 2 aromatic carbocycles. The number of carboxylic acids is 1. The van der Waals surface area contributed by atoms with Crippen LogP contribution in [0.5, 0.6) is 5.75 Å². The first kappa shape index (κ1) is 22.1. The van der Waals surface area contributed by atoms with Gasteiger partial charge in [0.1, 0.15) is 17.7 Å². The number of pyridine rings is 1. The van der Waals surface area contributed by atoms with Crippen LogP contribution in [0, 0.1) is 0 Å². The Hall–Kier alpha value is -4.07. The number of para-hydroxylation sites is 1. The van der Waals surface area contributed by atoms with E-state index in [1.165, 1.54) is 0 Å². The number of carboxylic acid groups (broad SMARTS) is 1. The van der Waals surface area contributed by atoms with Crippen LogP contribution in [0.25, 0.3) is 0 Å². The van der Waals surface area contributed by atoms with E-state index in [4.69, 9.17) is 4.74 Å². The topological polar surface area (TPSA) is 104 Å². The Morgan fingerprint density at radius 3 is 2.67 bits per heavy atom.